The molecule has 3 aromatic rings. The Balaban J connectivity index is 1.55. The van der Waals surface area contributed by atoms with E-state index in [1.165, 1.54) is 6.08 Å². The molecule has 4 rings (SSSR count). The van der Waals surface area contributed by atoms with Crippen LogP contribution in [0.3, 0.4) is 0 Å². The number of ether oxygens (including phenoxy) is 4. The fraction of sp³-hybridized carbons (Fsp3) is 0.412. The molecule has 0 atom stereocenters. The van der Waals surface area contributed by atoms with Crippen LogP contribution < -0.4 is 18.9 Å². The van der Waals surface area contributed by atoms with Crippen LogP contribution in [-0.2, 0) is 0 Å². The van der Waals surface area contributed by atoms with Gasteiger partial charge in [-0.1, -0.05) is 49.2 Å². The minimum Gasteiger partial charge on any atom is -0.493 e. The number of allylic oxidation sites excluding steroid dienone is 1. The van der Waals surface area contributed by atoms with Crippen molar-refractivity contribution < 1.29 is 23.7 Å². The number of ketones is 1. The van der Waals surface area contributed by atoms with Gasteiger partial charge in [-0.3, -0.25) is 9.69 Å². The monoisotopic (exact) mass is 641 g/mol. The SMILES string of the molecule is COc1ccc(C=CC(=O)c2ccc(C(C)C)nc2Oc2cc(Cl)c(Cl)cc2OCCN2CCC(N(C)C)CC2)cc1OC. The Labute approximate surface area is 270 Å². The Bertz CT molecular complexity index is 1470. The average molecular weight is 643 g/mol. The smallest absolute Gasteiger partial charge is 0.230 e. The molecule has 0 amide bonds. The van der Waals surface area contributed by atoms with Gasteiger partial charge >= 0.3 is 0 Å². The molecule has 44 heavy (non-hydrogen) atoms. The van der Waals surface area contributed by atoms with Crippen molar-refractivity contribution in [3.8, 4) is 28.9 Å². The number of carbonyl (C=O) groups is 1. The van der Waals surface area contributed by atoms with E-state index in [-0.39, 0.29) is 17.6 Å². The predicted molar refractivity (Wildman–Crippen MR) is 176 cm³/mol. The number of halogens is 2. The van der Waals surface area contributed by atoms with Gasteiger partial charge in [0.1, 0.15) is 6.61 Å². The summed E-state index contributed by atoms with van der Waals surface area (Å²) in [5, 5.41) is 0.653. The molecule has 1 saturated heterocycles. The Hall–Kier alpha value is -3.30. The molecule has 2 aromatic carbocycles. The molecule has 1 aromatic heterocycles. The molecular formula is C34H41Cl2N3O5. The number of methoxy groups -OCH3 is 2. The standard InChI is InChI=1S/C34H41Cl2N3O5/c1-22(2)28-10-9-25(29(40)11-7-23-8-12-30(41-5)31(19-23)42-6)34(37-28)44-33-21-27(36)26(35)20-32(33)43-18-17-39-15-13-24(14-16-39)38(3)4/h7-12,19-22,24H,13-18H2,1-6H3. The molecule has 0 N–H and O–H groups in total. The number of nitrogens with zero attached hydrogens (tertiary/aromatic N) is 3. The lowest BCUT2D eigenvalue weighted by Crippen LogP contribution is -2.43. The molecule has 0 spiro atoms. The molecule has 10 heteroatoms. The van der Waals surface area contributed by atoms with Gasteiger partial charge in [-0.2, -0.15) is 0 Å². The van der Waals surface area contributed by atoms with E-state index in [9.17, 15) is 4.79 Å². The van der Waals surface area contributed by atoms with E-state index in [4.69, 9.17) is 47.1 Å². The van der Waals surface area contributed by atoms with E-state index in [1.54, 1.807) is 50.6 Å². The van der Waals surface area contributed by atoms with Crippen LogP contribution in [-0.4, -0.2) is 81.2 Å². The summed E-state index contributed by atoms with van der Waals surface area (Å²) in [4.78, 5) is 22.8. The van der Waals surface area contributed by atoms with Gasteiger partial charge in [0.15, 0.2) is 28.8 Å². The van der Waals surface area contributed by atoms with Crippen molar-refractivity contribution in [3.05, 3.63) is 75.4 Å². The van der Waals surface area contributed by atoms with E-state index < -0.39 is 0 Å². The van der Waals surface area contributed by atoms with Crippen molar-refractivity contribution in [2.24, 2.45) is 0 Å². The van der Waals surface area contributed by atoms with Gasteiger partial charge in [0.2, 0.25) is 5.88 Å². The van der Waals surface area contributed by atoms with Crippen LogP contribution in [0.25, 0.3) is 6.08 Å². The fourth-order valence-electron chi connectivity index (χ4n) is 5.01. The second-order valence-corrected chi connectivity index (χ2v) is 12.1. The van der Waals surface area contributed by atoms with Crippen LogP contribution in [0.4, 0.5) is 0 Å². The van der Waals surface area contributed by atoms with Crippen molar-refractivity contribution in [2.75, 3.05) is 54.6 Å². The lowest BCUT2D eigenvalue weighted by molar-refractivity contribution is 0.104. The first kappa shape index (κ1) is 33.6. The Morgan fingerprint density at radius 1 is 0.977 bits per heavy atom. The number of rotatable bonds is 13. The molecule has 236 valence electrons. The summed E-state index contributed by atoms with van der Waals surface area (Å²) in [5.74, 6) is 1.93. The van der Waals surface area contributed by atoms with Crippen LogP contribution in [0.15, 0.2) is 48.5 Å². The quantitative estimate of drug-likeness (QED) is 0.139. The summed E-state index contributed by atoms with van der Waals surface area (Å²) < 4.78 is 23.2. The van der Waals surface area contributed by atoms with E-state index in [0.29, 0.717) is 51.3 Å². The lowest BCUT2D eigenvalue weighted by Gasteiger charge is -2.35. The summed E-state index contributed by atoms with van der Waals surface area (Å²) in [6.07, 6.45) is 5.44. The first-order chi connectivity index (χ1) is 21.1. The van der Waals surface area contributed by atoms with E-state index in [2.05, 4.69) is 23.9 Å². The number of pyridine rings is 1. The van der Waals surface area contributed by atoms with E-state index in [0.717, 1.165) is 43.7 Å². The lowest BCUT2D eigenvalue weighted by atomic mass is 10.0. The van der Waals surface area contributed by atoms with Gasteiger partial charge < -0.3 is 23.8 Å². The highest BCUT2D eigenvalue weighted by Crippen LogP contribution is 2.39. The van der Waals surface area contributed by atoms with Crippen LogP contribution >= 0.6 is 23.2 Å². The van der Waals surface area contributed by atoms with Crippen molar-refractivity contribution in [2.45, 2.75) is 38.6 Å². The van der Waals surface area contributed by atoms with E-state index >= 15 is 0 Å². The Kier molecular flexibility index (Phi) is 11.9. The van der Waals surface area contributed by atoms with Crippen molar-refractivity contribution in [1.29, 1.82) is 0 Å². The molecule has 0 saturated carbocycles. The predicted octanol–water partition coefficient (Wildman–Crippen LogP) is 7.62. The minimum absolute atomic E-state index is 0.116. The number of likely N-dealkylation sites (tertiary alicyclic amines) is 1. The summed E-state index contributed by atoms with van der Waals surface area (Å²) in [7, 11) is 7.41. The van der Waals surface area contributed by atoms with E-state index in [1.807, 2.05) is 26.0 Å². The third kappa shape index (κ3) is 8.66. The maximum atomic E-state index is 13.5. The third-order valence-corrected chi connectivity index (χ3v) is 8.44. The van der Waals surface area contributed by atoms with Crippen molar-refractivity contribution >= 4 is 35.1 Å². The molecular weight excluding hydrogens is 601 g/mol. The number of hydrogen-bond donors (Lipinski definition) is 0. The highest BCUT2D eigenvalue weighted by molar-refractivity contribution is 6.42. The summed E-state index contributed by atoms with van der Waals surface area (Å²) in [5.41, 5.74) is 1.85. The Morgan fingerprint density at radius 3 is 2.30 bits per heavy atom. The molecule has 0 radical (unpaired) electrons. The topological polar surface area (TPSA) is 73.4 Å². The summed E-state index contributed by atoms with van der Waals surface area (Å²) in [6.45, 7) is 7.31. The van der Waals surface area contributed by atoms with Gasteiger partial charge in [0, 0.05) is 30.4 Å². The number of aromatic nitrogens is 1. The van der Waals surface area contributed by atoms with Gasteiger partial charge in [-0.25, -0.2) is 4.98 Å². The normalized spacial score (nSPS) is 14.4. The van der Waals surface area contributed by atoms with Gasteiger partial charge in [0.25, 0.3) is 0 Å². The average Bonchev–Trinajstić information content (AvgIpc) is 3.02. The molecule has 8 nitrogen and oxygen atoms in total. The fourth-order valence-corrected chi connectivity index (χ4v) is 5.32. The van der Waals surface area contributed by atoms with Crippen LogP contribution in [0.5, 0.6) is 28.9 Å². The highest BCUT2D eigenvalue weighted by Gasteiger charge is 2.22. The largest absolute Gasteiger partial charge is 0.493 e. The third-order valence-electron chi connectivity index (χ3n) is 7.72. The molecule has 0 unspecified atom stereocenters. The van der Waals surface area contributed by atoms with Crippen LogP contribution in [0.2, 0.25) is 10.0 Å². The number of carbonyl (C=O) groups excluding carboxylic acids is 1. The molecule has 1 aliphatic rings. The maximum Gasteiger partial charge on any atom is 0.230 e. The zero-order valence-electron chi connectivity index (χ0n) is 26.2. The minimum atomic E-state index is -0.277. The molecule has 0 aliphatic carbocycles. The first-order valence-electron chi connectivity index (χ1n) is 14.7. The van der Waals surface area contributed by atoms with Crippen LogP contribution in [0, 0.1) is 0 Å². The number of hydrogen-bond acceptors (Lipinski definition) is 8. The zero-order chi connectivity index (χ0) is 31.8. The van der Waals surface area contributed by atoms with Crippen molar-refractivity contribution in [3.63, 3.8) is 0 Å². The van der Waals surface area contributed by atoms with Crippen molar-refractivity contribution in [1.82, 2.24) is 14.8 Å². The first-order valence-corrected chi connectivity index (χ1v) is 15.5. The van der Waals surface area contributed by atoms with Gasteiger partial charge in [-0.05, 0) is 81.8 Å². The molecule has 1 fully saturated rings. The molecule has 0 bridgehead atoms. The van der Waals surface area contributed by atoms with Crippen LogP contribution in [0.1, 0.15) is 54.2 Å². The van der Waals surface area contributed by atoms with Gasteiger partial charge in [-0.15, -0.1) is 0 Å². The van der Waals surface area contributed by atoms with Gasteiger partial charge in [0.05, 0.1) is 29.8 Å². The molecule has 2 heterocycles. The second kappa shape index (κ2) is 15.6. The zero-order valence-corrected chi connectivity index (χ0v) is 27.7. The Morgan fingerprint density at radius 2 is 1.66 bits per heavy atom. The highest BCUT2D eigenvalue weighted by atomic mass is 35.5. The maximum absolute atomic E-state index is 13.5. The number of piperidine rings is 1. The second-order valence-electron chi connectivity index (χ2n) is 11.3. The summed E-state index contributed by atoms with van der Waals surface area (Å²) >= 11 is 12.8. The number of benzene rings is 2. The molecule has 1 aliphatic heterocycles. The summed E-state index contributed by atoms with van der Waals surface area (Å²) in [6, 6.07) is 12.8.